The first kappa shape index (κ1) is 23.0. The van der Waals surface area contributed by atoms with Gasteiger partial charge in [0, 0.05) is 53.7 Å². The number of hydrogen-bond donors (Lipinski definition) is 2. The fraction of sp³-hybridized carbons (Fsp3) is 0.241. The number of carbonyl (C=O) groups is 2. The maximum Gasteiger partial charge on any atom is 0.256 e. The maximum atomic E-state index is 13.3. The van der Waals surface area contributed by atoms with Crippen molar-refractivity contribution >= 4 is 29.2 Å². The molecule has 186 valence electrons. The Bertz CT molecular complexity index is 1540. The molecule has 1 saturated heterocycles. The lowest BCUT2D eigenvalue weighted by molar-refractivity contribution is -0.110. The number of anilines is 1. The second kappa shape index (κ2) is 9.20. The lowest BCUT2D eigenvalue weighted by Crippen LogP contribution is -2.36. The van der Waals surface area contributed by atoms with Crippen molar-refractivity contribution in [2.75, 3.05) is 18.4 Å². The molecule has 0 spiro atoms. The predicted octanol–water partition coefficient (Wildman–Crippen LogP) is 5.00. The van der Waals surface area contributed by atoms with Crippen LogP contribution in [0, 0.1) is 13.8 Å². The average Bonchev–Trinajstić information content (AvgIpc) is 3.61. The number of benzene rings is 1. The third-order valence-electron chi connectivity index (χ3n) is 7.22. The average molecular weight is 493 g/mol. The van der Waals surface area contributed by atoms with Gasteiger partial charge in [0.2, 0.25) is 0 Å². The fourth-order valence-corrected chi connectivity index (χ4v) is 5.24. The molecule has 0 saturated carbocycles. The summed E-state index contributed by atoms with van der Waals surface area (Å²) >= 11 is 0. The van der Waals surface area contributed by atoms with Gasteiger partial charge >= 0.3 is 0 Å². The van der Waals surface area contributed by atoms with Crippen molar-refractivity contribution in [2.24, 2.45) is 0 Å². The van der Waals surface area contributed by atoms with Crippen LogP contribution in [0.2, 0.25) is 0 Å². The number of aryl methyl sites for hydroxylation is 1. The molecular weight excluding hydrogens is 464 g/mol. The highest BCUT2D eigenvalue weighted by molar-refractivity contribution is 6.35. The quantitative estimate of drug-likeness (QED) is 0.392. The molecule has 1 fully saturated rings. The van der Waals surface area contributed by atoms with Gasteiger partial charge in [-0.1, -0.05) is 12.1 Å². The molecule has 0 radical (unpaired) electrons. The molecule has 37 heavy (non-hydrogen) atoms. The third kappa shape index (κ3) is 4.14. The van der Waals surface area contributed by atoms with Crippen LogP contribution in [0.4, 0.5) is 5.69 Å². The molecule has 0 atom stereocenters. The minimum absolute atomic E-state index is 0.0686. The number of aromatic nitrogens is 4. The SMILES string of the molecule is Cc1[nH]c(/C=C2\C(=O)Nc3ccc(-c4cnn(-c5ccccn5)c4)cc32)c(C)c1C(=O)N1CCCCC1. The molecule has 3 aromatic heterocycles. The van der Waals surface area contributed by atoms with Gasteiger partial charge in [0.25, 0.3) is 11.8 Å². The van der Waals surface area contributed by atoms with Crippen molar-refractivity contribution in [1.29, 1.82) is 0 Å². The smallest absolute Gasteiger partial charge is 0.256 e. The zero-order valence-corrected chi connectivity index (χ0v) is 20.9. The van der Waals surface area contributed by atoms with Gasteiger partial charge in [0.1, 0.15) is 0 Å². The van der Waals surface area contributed by atoms with Gasteiger partial charge in [-0.15, -0.1) is 0 Å². The highest BCUT2D eigenvalue weighted by Crippen LogP contribution is 2.37. The van der Waals surface area contributed by atoms with Crippen molar-refractivity contribution in [3.63, 3.8) is 0 Å². The molecule has 2 N–H and O–H groups in total. The van der Waals surface area contributed by atoms with E-state index in [-0.39, 0.29) is 11.8 Å². The standard InChI is InChI=1S/C29H28N6O2/c1-18-25(32-19(2)27(18)29(37)34-12-6-3-7-13-34)15-23-22-14-20(9-10-24(22)33-28(23)36)21-16-31-35(17-21)26-8-4-5-11-30-26/h4-5,8-11,14-17,32H,3,6-7,12-13H2,1-2H3,(H,33,36)/b23-15-. The van der Waals surface area contributed by atoms with E-state index in [1.807, 2.05) is 67.4 Å². The van der Waals surface area contributed by atoms with Crippen LogP contribution in [0.3, 0.4) is 0 Å². The number of nitrogens with zero attached hydrogens (tertiary/aromatic N) is 4. The number of aromatic amines is 1. The maximum absolute atomic E-state index is 13.3. The van der Waals surface area contributed by atoms with Crippen molar-refractivity contribution in [2.45, 2.75) is 33.1 Å². The van der Waals surface area contributed by atoms with Crippen LogP contribution in [-0.4, -0.2) is 49.6 Å². The summed E-state index contributed by atoms with van der Waals surface area (Å²) in [6.45, 7) is 5.47. The number of carbonyl (C=O) groups excluding carboxylic acids is 2. The number of amides is 2. The van der Waals surface area contributed by atoms with Gasteiger partial charge in [0.05, 0.1) is 17.3 Å². The summed E-state index contributed by atoms with van der Waals surface area (Å²) in [7, 11) is 0. The third-order valence-corrected chi connectivity index (χ3v) is 7.22. The Hall–Kier alpha value is -4.46. The van der Waals surface area contributed by atoms with Gasteiger partial charge in [-0.25, -0.2) is 9.67 Å². The van der Waals surface area contributed by atoms with Gasteiger partial charge in [-0.05, 0) is 74.6 Å². The number of pyridine rings is 1. The van der Waals surface area contributed by atoms with E-state index in [1.54, 1.807) is 17.1 Å². The molecule has 8 heteroatoms. The molecule has 0 unspecified atom stereocenters. The summed E-state index contributed by atoms with van der Waals surface area (Å²) in [6, 6.07) is 11.6. The number of likely N-dealkylation sites (tertiary alicyclic amines) is 1. The van der Waals surface area contributed by atoms with Gasteiger partial charge in [0.15, 0.2) is 5.82 Å². The van der Waals surface area contributed by atoms with Crippen molar-refractivity contribution in [3.05, 3.63) is 83.1 Å². The van der Waals surface area contributed by atoms with Crippen LogP contribution < -0.4 is 5.32 Å². The number of rotatable bonds is 4. The van der Waals surface area contributed by atoms with E-state index in [0.717, 1.165) is 71.1 Å². The van der Waals surface area contributed by atoms with Gasteiger partial charge in [-0.2, -0.15) is 5.10 Å². The molecule has 6 rings (SSSR count). The number of piperidine rings is 1. The first-order valence-corrected chi connectivity index (χ1v) is 12.6. The van der Waals surface area contributed by atoms with Crippen LogP contribution in [0.1, 0.15) is 52.1 Å². The highest BCUT2D eigenvalue weighted by Gasteiger charge is 2.28. The zero-order chi connectivity index (χ0) is 25.5. The van der Waals surface area contributed by atoms with E-state index in [2.05, 4.69) is 20.4 Å². The lowest BCUT2D eigenvalue weighted by atomic mass is 9.99. The van der Waals surface area contributed by atoms with Crippen LogP contribution in [0.15, 0.2) is 55.0 Å². The van der Waals surface area contributed by atoms with E-state index < -0.39 is 0 Å². The summed E-state index contributed by atoms with van der Waals surface area (Å²) in [6.07, 6.45) is 10.6. The summed E-state index contributed by atoms with van der Waals surface area (Å²) < 4.78 is 1.73. The monoisotopic (exact) mass is 492 g/mol. The van der Waals surface area contributed by atoms with Crippen molar-refractivity contribution in [3.8, 4) is 16.9 Å². The van der Waals surface area contributed by atoms with Crippen LogP contribution >= 0.6 is 0 Å². The summed E-state index contributed by atoms with van der Waals surface area (Å²) in [4.78, 5) is 35.9. The summed E-state index contributed by atoms with van der Waals surface area (Å²) in [5.74, 6) is 0.644. The van der Waals surface area contributed by atoms with E-state index >= 15 is 0 Å². The molecule has 1 aromatic carbocycles. The normalized spacial score (nSPS) is 16.2. The molecule has 5 heterocycles. The van der Waals surface area contributed by atoms with Gasteiger partial charge in [-0.3, -0.25) is 9.59 Å². The molecule has 2 amide bonds. The fourth-order valence-electron chi connectivity index (χ4n) is 5.24. The van der Waals surface area contributed by atoms with Crippen LogP contribution in [0.25, 0.3) is 28.6 Å². The molecule has 0 bridgehead atoms. The molecule has 8 nitrogen and oxygen atoms in total. The Kier molecular flexibility index (Phi) is 5.71. The Labute approximate surface area is 215 Å². The number of hydrogen-bond acceptors (Lipinski definition) is 4. The second-order valence-corrected chi connectivity index (χ2v) is 9.65. The minimum atomic E-state index is -0.160. The van der Waals surface area contributed by atoms with Crippen molar-refractivity contribution < 1.29 is 9.59 Å². The van der Waals surface area contributed by atoms with E-state index in [1.165, 1.54) is 6.42 Å². The Morgan fingerprint density at radius 3 is 2.68 bits per heavy atom. The van der Waals surface area contributed by atoms with E-state index in [9.17, 15) is 9.59 Å². The topological polar surface area (TPSA) is 95.9 Å². The molecular formula is C29H28N6O2. The minimum Gasteiger partial charge on any atom is -0.358 e. The largest absolute Gasteiger partial charge is 0.358 e. The molecule has 0 aliphatic carbocycles. The first-order chi connectivity index (χ1) is 18.0. The van der Waals surface area contributed by atoms with Crippen LogP contribution in [-0.2, 0) is 4.79 Å². The predicted molar refractivity (Wildman–Crippen MR) is 143 cm³/mol. The second-order valence-electron chi connectivity index (χ2n) is 9.65. The molecule has 2 aliphatic rings. The van der Waals surface area contributed by atoms with Gasteiger partial charge < -0.3 is 15.2 Å². The Morgan fingerprint density at radius 2 is 1.89 bits per heavy atom. The lowest BCUT2D eigenvalue weighted by Gasteiger charge is -2.27. The zero-order valence-electron chi connectivity index (χ0n) is 20.9. The Balaban J connectivity index is 1.34. The molecule has 2 aliphatic heterocycles. The Morgan fingerprint density at radius 1 is 1.05 bits per heavy atom. The van der Waals surface area contributed by atoms with Crippen LogP contribution in [0.5, 0.6) is 0 Å². The van der Waals surface area contributed by atoms with Crippen molar-refractivity contribution in [1.82, 2.24) is 24.6 Å². The number of nitrogens with one attached hydrogen (secondary N) is 2. The summed E-state index contributed by atoms with van der Waals surface area (Å²) in [5.41, 5.74) is 7.22. The summed E-state index contributed by atoms with van der Waals surface area (Å²) in [5, 5.41) is 7.42. The first-order valence-electron chi connectivity index (χ1n) is 12.6. The number of fused-ring (bicyclic) bond motifs is 1. The highest BCUT2D eigenvalue weighted by atomic mass is 16.2. The van der Waals surface area contributed by atoms with E-state index in [4.69, 9.17) is 0 Å². The molecule has 4 aromatic rings. The number of H-pyrrole nitrogens is 1. The van der Waals surface area contributed by atoms with E-state index in [0.29, 0.717) is 11.1 Å².